The van der Waals surface area contributed by atoms with Gasteiger partial charge in [-0.2, -0.15) is 0 Å². The average Bonchev–Trinajstić information content (AvgIpc) is 3.09. The number of carbonyl (C=O) groups excluding carboxylic acids is 1. The molecule has 1 saturated heterocycles. The predicted octanol–water partition coefficient (Wildman–Crippen LogP) is 4.12. The van der Waals surface area contributed by atoms with Crippen LogP contribution in [0.3, 0.4) is 0 Å². The summed E-state index contributed by atoms with van der Waals surface area (Å²) in [7, 11) is 0. The van der Waals surface area contributed by atoms with Gasteiger partial charge in [0.05, 0.1) is 11.7 Å². The van der Waals surface area contributed by atoms with Crippen molar-refractivity contribution in [2.45, 2.75) is 25.0 Å². The van der Waals surface area contributed by atoms with E-state index in [1.807, 2.05) is 47.4 Å². The van der Waals surface area contributed by atoms with Gasteiger partial charge in [-0.15, -0.1) is 0 Å². The Bertz CT molecular complexity index is 1050. The molecule has 3 heteroatoms. The van der Waals surface area contributed by atoms with E-state index >= 15 is 0 Å². The SMILES string of the molecule is O=C1C(c2ccccc2)=C(c2ccc3ccccc3c2)C[C@@H]2C[C@@H](O)CN12. The van der Waals surface area contributed by atoms with Crippen molar-refractivity contribution in [3.8, 4) is 0 Å². The summed E-state index contributed by atoms with van der Waals surface area (Å²) in [5, 5.41) is 12.5. The van der Waals surface area contributed by atoms with Gasteiger partial charge in [0.2, 0.25) is 0 Å². The largest absolute Gasteiger partial charge is 0.391 e. The molecule has 0 saturated carbocycles. The summed E-state index contributed by atoms with van der Waals surface area (Å²) < 4.78 is 0. The zero-order valence-corrected chi connectivity index (χ0v) is 15.0. The van der Waals surface area contributed by atoms with Gasteiger partial charge < -0.3 is 10.0 Å². The number of aliphatic hydroxyl groups excluding tert-OH is 1. The van der Waals surface area contributed by atoms with Gasteiger partial charge in [0.15, 0.2) is 0 Å². The second-order valence-electron chi connectivity index (χ2n) is 7.49. The molecular formula is C24H21NO2. The minimum Gasteiger partial charge on any atom is -0.391 e. The Kier molecular flexibility index (Phi) is 3.83. The summed E-state index contributed by atoms with van der Waals surface area (Å²) in [6, 6.07) is 24.7. The van der Waals surface area contributed by atoms with E-state index in [9.17, 15) is 9.90 Å². The Balaban J connectivity index is 1.71. The van der Waals surface area contributed by atoms with Gasteiger partial charge in [-0.3, -0.25) is 4.79 Å². The number of nitrogens with zero attached hydrogens (tertiary/aromatic N) is 1. The van der Waals surface area contributed by atoms with Gasteiger partial charge in [0, 0.05) is 12.6 Å². The number of benzene rings is 3. The Hall–Kier alpha value is -2.91. The van der Waals surface area contributed by atoms with E-state index in [4.69, 9.17) is 0 Å². The van der Waals surface area contributed by atoms with E-state index < -0.39 is 6.10 Å². The van der Waals surface area contributed by atoms with Crippen LogP contribution >= 0.6 is 0 Å². The molecule has 2 aliphatic rings. The quantitative estimate of drug-likeness (QED) is 0.751. The second-order valence-corrected chi connectivity index (χ2v) is 7.49. The van der Waals surface area contributed by atoms with Crippen molar-refractivity contribution in [3.63, 3.8) is 0 Å². The first-order valence-electron chi connectivity index (χ1n) is 9.47. The molecule has 0 aromatic heterocycles. The number of fused-ring (bicyclic) bond motifs is 2. The number of aliphatic hydroxyl groups is 1. The first-order chi connectivity index (χ1) is 13.2. The summed E-state index contributed by atoms with van der Waals surface area (Å²) in [6.07, 6.45) is 1.02. The third kappa shape index (κ3) is 2.75. The van der Waals surface area contributed by atoms with E-state index in [1.165, 1.54) is 10.8 Å². The highest BCUT2D eigenvalue weighted by Crippen LogP contribution is 2.41. The van der Waals surface area contributed by atoms with Gasteiger partial charge in [-0.25, -0.2) is 0 Å². The first-order valence-corrected chi connectivity index (χ1v) is 9.47. The van der Waals surface area contributed by atoms with E-state index in [-0.39, 0.29) is 11.9 Å². The molecular weight excluding hydrogens is 334 g/mol. The topological polar surface area (TPSA) is 40.5 Å². The number of carbonyl (C=O) groups is 1. The normalized spacial score (nSPS) is 22.4. The zero-order chi connectivity index (χ0) is 18.4. The molecule has 2 heterocycles. The highest BCUT2D eigenvalue weighted by molar-refractivity contribution is 6.28. The highest BCUT2D eigenvalue weighted by atomic mass is 16.3. The Labute approximate surface area is 158 Å². The molecule has 3 nitrogen and oxygen atoms in total. The molecule has 0 unspecified atom stereocenters. The second kappa shape index (κ2) is 6.36. The standard InChI is InChI=1S/C24H21NO2/c26-21-13-20-14-22(19-11-10-16-6-4-5-9-18(16)12-19)23(24(27)25(20)15-21)17-7-2-1-3-8-17/h1-12,20-21,26H,13-15H2/t20-,21+/m0/s1. The molecule has 0 aliphatic carbocycles. The fraction of sp³-hybridized carbons (Fsp3) is 0.208. The molecule has 1 fully saturated rings. The van der Waals surface area contributed by atoms with E-state index in [0.717, 1.165) is 28.7 Å². The van der Waals surface area contributed by atoms with Crippen LogP contribution in [0.25, 0.3) is 21.9 Å². The third-order valence-electron chi connectivity index (χ3n) is 5.77. The number of hydrogen-bond donors (Lipinski definition) is 1. The zero-order valence-electron chi connectivity index (χ0n) is 15.0. The molecule has 134 valence electrons. The molecule has 1 amide bonds. The highest BCUT2D eigenvalue weighted by Gasteiger charge is 2.41. The lowest BCUT2D eigenvalue weighted by atomic mass is 9.85. The van der Waals surface area contributed by atoms with Gasteiger partial charge >= 0.3 is 0 Å². The van der Waals surface area contributed by atoms with Crippen molar-refractivity contribution in [1.82, 2.24) is 4.90 Å². The van der Waals surface area contributed by atoms with Crippen molar-refractivity contribution in [3.05, 3.63) is 83.9 Å². The summed E-state index contributed by atoms with van der Waals surface area (Å²) in [5.41, 5.74) is 3.91. The molecule has 0 spiro atoms. The fourth-order valence-corrected chi connectivity index (χ4v) is 4.49. The average molecular weight is 355 g/mol. The Morgan fingerprint density at radius 3 is 2.41 bits per heavy atom. The van der Waals surface area contributed by atoms with Gasteiger partial charge in [0.25, 0.3) is 5.91 Å². The van der Waals surface area contributed by atoms with Crippen LogP contribution in [-0.2, 0) is 4.79 Å². The molecule has 3 aromatic rings. The third-order valence-corrected chi connectivity index (χ3v) is 5.77. The number of amides is 1. The summed E-state index contributed by atoms with van der Waals surface area (Å²) in [4.78, 5) is 15.2. The predicted molar refractivity (Wildman–Crippen MR) is 108 cm³/mol. The summed E-state index contributed by atoms with van der Waals surface area (Å²) in [6.45, 7) is 0.435. The molecule has 0 bridgehead atoms. The maximum atomic E-state index is 13.4. The minimum absolute atomic E-state index is 0.0390. The minimum atomic E-state index is -0.424. The molecule has 3 aromatic carbocycles. The lowest BCUT2D eigenvalue weighted by molar-refractivity contribution is -0.126. The van der Waals surface area contributed by atoms with Crippen LogP contribution in [0.4, 0.5) is 0 Å². The number of hydrogen-bond acceptors (Lipinski definition) is 2. The molecule has 2 aliphatic heterocycles. The smallest absolute Gasteiger partial charge is 0.255 e. The van der Waals surface area contributed by atoms with Crippen LogP contribution in [0.2, 0.25) is 0 Å². The van der Waals surface area contributed by atoms with Crippen molar-refractivity contribution in [2.24, 2.45) is 0 Å². The summed E-state index contributed by atoms with van der Waals surface area (Å²) >= 11 is 0. The van der Waals surface area contributed by atoms with E-state index in [0.29, 0.717) is 13.0 Å². The van der Waals surface area contributed by atoms with E-state index in [2.05, 4.69) is 30.3 Å². The molecule has 1 N–H and O–H groups in total. The first kappa shape index (κ1) is 16.3. The maximum Gasteiger partial charge on any atom is 0.255 e. The van der Waals surface area contributed by atoms with Gasteiger partial charge in [0.1, 0.15) is 0 Å². The fourth-order valence-electron chi connectivity index (χ4n) is 4.49. The Morgan fingerprint density at radius 1 is 0.852 bits per heavy atom. The Morgan fingerprint density at radius 2 is 1.59 bits per heavy atom. The van der Waals surface area contributed by atoms with Crippen molar-refractivity contribution in [1.29, 1.82) is 0 Å². The van der Waals surface area contributed by atoms with Crippen molar-refractivity contribution < 1.29 is 9.90 Å². The lowest BCUT2D eigenvalue weighted by Crippen LogP contribution is -2.40. The van der Waals surface area contributed by atoms with Crippen LogP contribution in [-0.4, -0.2) is 34.6 Å². The van der Waals surface area contributed by atoms with Crippen molar-refractivity contribution >= 4 is 27.8 Å². The monoisotopic (exact) mass is 355 g/mol. The van der Waals surface area contributed by atoms with Gasteiger partial charge in [-0.05, 0) is 46.4 Å². The lowest BCUT2D eigenvalue weighted by Gasteiger charge is -2.33. The van der Waals surface area contributed by atoms with Crippen LogP contribution < -0.4 is 0 Å². The van der Waals surface area contributed by atoms with Crippen molar-refractivity contribution in [2.75, 3.05) is 6.54 Å². The molecule has 2 atom stereocenters. The maximum absolute atomic E-state index is 13.4. The molecule has 0 radical (unpaired) electrons. The van der Waals surface area contributed by atoms with Crippen LogP contribution in [0.1, 0.15) is 24.0 Å². The van der Waals surface area contributed by atoms with Crippen LogP contribution in [0, 0.1) is 0 Å². The van der Waals surface area contributed by atoms with Crippen LogP contribution in [0.5, 0.6) is 0 Å². The van der Waals surface area contributed by atoms with Crippen LogP contribution in [0.15, 0.2) is 72.8 Å². The number of rotatable bonds is 2. The van der Waals surface area contributed by atoms with Gasteiger partial charge in [-0.1, -0.05) is 66.7 Å². The molecule has 27 heavy (non-hydrogen) atoms. The molecule has 5 rings (SSSR count). The van der Waals surface area contributed by atoms with E-state index in [1.54, 1.807) is 0 Å². The summed E-state index contributed by atoms with van der Waals surface area (Å²) in [5.74, 6) is 0.0390.